The van der Waals surface area contributed by atoms with Crippen molar-refractivity contribution in [3.05, 3.63) is 71.4 Å². The third-order valence-electron chi connectivity index (χ3n) is 3.81. The van der Waals surface area contributed by atoms with Gasteiger partial charge in [0.15, 0.2) is 5.60 Å². The van der Waals surface area contributed by atoms with E-state index in [1.54, 1.807) is 0 Å². The fourth-order valence-electron chi connectivity index (χ4n) is 2.90. The van der Waals surface area contributed by atoms with E-state index in [4.69, 9.17) is 16.0 Å². The normalized spacial score (nSPS) is 14.8. The molecule has 104 valence electrons. The number of hydrogen-bond donors (Lipinski definition) is 1. The molecule has 0 bridgehead atoms. The first kappa shape index (κ1) is 12.6. The number of benzene rings is 2. The van der Waals surface area contributed by atoms with Crippen molar-refractivity contribution in [3.63, 3.8) is 0 Å². The zero-order chi connectivity index (χ0) is 14.4. The number of rotatable bonds is 2. The topological polar surface area (TPSA) is 59.2 Å². The number of hydrogen-bond acceptors (Lipinski definition) is 4. The summed E-state index contributed by atoms with van der Waals surface area (Å²) in [6, 6.07) is 15.4. The maximum Gasteiger partial charge on any atom is 0.257 e. The van der Waals surface area contributed by atoms with Crippen molar-refractivity contribution in [1.29, 1.82) is 0 Å². The van der Waals surface area contributed by atoms with Crippen molar-refractivity contribution in [3.8, 4) is 11.1 Å². The summed E-state index contributed by atoms with van der Waals surface area (Å²) >= 11 is 5.71. The van der Waals surface area contributed by atoms with E-state index >= 15 is 0 Å². The second-order valence-corrected chi connectivity index (χ2v) is 5.20. The highest BCUT2D eigenvalue weighted by molar-refractivity contribution is 6.16. The highest BCUT2D eigenvalue weighted by Gasteiger charge is 2.47. The van der Waals surface area contributed by atoms with Crippen LogP contribution in [0.5, 0.6) is 0 Å². The maximum absolute atomic E-state index is 11.3. The van der Waals surface area contributed by atoms with Crippen molar-refractivity contribution in [1.82, 2.24) is 10.2 Å². The molecule has 1 aromatic heterocycles. The Kier molecular flexibility index (Phi) is 2.64. The molecule has 1 aliphatic carbocycles. The number of nitrogens with zero attached hydrogens (tertiary/aromatic N) is 2. The van der Waals surface area contributed by atoms with Crippen molar-refractivity contribution in [2.75, 3.05) is 0 Å². The van der Waals surface area contributed by atoms with Gasteiger partial charge >= 0.3 is 0 Å². The fourth-order valence-corrected chi connectivity index (χ4v) is 3.00. The molecule has 2 aromatic carbocycles. The molecule has 1 N–H and O–H groups in total. The highest BCUT2D eigenvalue weighted by atomic mass is 35.5. The van der Waals surface area contributed by atoms with Crippen LogP contribution < -0.4 is 0 Å². The van der Waals surface area contributed by atoms with Crippen LogP contribution >= 0.6 is 11.6 Å². The van der Waals surface area contributed by atoms with Gasteiger partial charge in [0.2, 0.25) is 5.89 Å². The first-order chi connectivity index (χ1) is 10.2. The molecule has 0 saturated carbocycles. The van der Waals surface area contributed by atoms with Crippen LogP contribution in [-0.4, -0.2) is 15.3 Å². The third kappa shape index (κ3) is 1.60. The number of fused-ring (bicyclic) bond motifs is 3. The average molecular weight is 299 g/mol. The van der Waals surface area contributed by atoms with E-state index in [9.17, 15) is 5.11 Å². The summed E-state index contributed by atoms with van der Waals surface area (Å²) in [5.74, 6) is 0.560. The largest absolute Gasteiger partial charge is 0.420 e. The molecule has 1 heterocycles. The standard InChI is InChI=1S/C16H11ClN2O2/c17-9-14-18-19-15(21-14)16(20)12-7-3-1-5-10(12)11-6-2-4-8-13(11)16/h1-8,20H,9H2. The lowest BCUT2D eigenvalue weighted by molar-refractivity contribution is 0.0962. The second-order valence-electron chi connectivity index (χ2n) is 4.94. The van der Waals surface area contributed by atoms with Gasteiger partial charge in [0.05, 0.1) is 0 Å². The summed E-state index contributed by atoms with van der Waals surface area (Å²) in [6.45, 7) is 0. The Morgan fingerprint density at radius 2 is 1.52 bits per heavy atom. The quantitative estimate of drug-likeness (QED) is 0.739. The van der Waals surface area contributed by atoms with Crippen LogP contribution in [0.3, 0.4) is 0 Å². The molecule has 3 aromatic rings. The third-order valence-corrected chi connectivity index (χ3v) is 4.04. The molecule has 0 fully saturated rings. The van der Waals surface area contributed by atoms with Crippen LogP contribution in [0.4, 0.5) is 0 Å². The molecule has 0 aliphatic heterocycles. The number of alkyl halides is 1. The molecule has 0 spiro atoms. The lowest BCUT2D eigenvalue weighted by atomic mass is 9.91. The second kappa shape index (κ2) is 4.41. The van der Waals surface area contributed by atoms with Gasteiger partial charge in [-0.2, -0.15) is 0 Å². The Morgan fingerprint density at radius 3 is 2.05 bits per heavy atom. The van der Waals surface area contributed by atoms with E-state index in [2.05, 4.69) is 10.2 Å². The zero-order valence-corrected chi connectivity index (χ0v) is 11.7. The van der Waals surface area contributed by atoms with E-state index in [1.165, 1.54) is 0 Å². The minimum atomic E-state index is -1.43. The maximum atomic E-state index is 11.3. The summed E-state index contributed by atoms with van der Waals surface area (Å²) in [4.78, 5) is 0. The van der Waals surface area contributed by atoms with Crippen LogP contribution in [0.1, 0.15) is 22.9 Å². The number of aliphatic hydroxyl groups is 1. The molecule has 5 heteroatoms. The smallest absolute Gasteiger partial charge is 0.257 e. The van der Waals surface area contributed by atoms with E-state index in [0.717, 1.165) is 22.3 Å². The minimum Gasteiger partial charge on any atom is -0.420 e. The Bertz CT molecular complexity index is 783. The fraction of sp³-hybridized carbons (Fsp3) is 0.125. The molecule has 21 heavy (non-hydrogen) atoms. The Labute approximate surface area is 126 Å². The SMILES string of the molecule is OC1(c2nnc(CCl)o2)c2ccccc2-c2ccccc21. The van der Waals surface area contributed by atoms with Gasteiger partial charge in [-0.3, -0.25) is 0 Å². The van der Waals surface area contributed by atoms with E-state index in [0.29, 0.717) is 5.89 Å². The molecule has 4 rings (SSSR count). The van der Waals surface area contributed by atoms with Crippen molar-refractivity contribution in [2.24, 2.45) is 0 Å². The minimum absolute atomic E-state index is 0.117. The van der Waals surface area contributed by atoms with Crippen LogP contribution in [0.2, 0.25) is 0 Å². The van der Waals surface area contributed by atoms with Crippen LogP contribution in [0.15, 0.2) is 52.9 Å². The lowest BCUT2D eigenvalue weighted by Gasteiger charge is -2.21. The van der Waals surface area contributed by atoms with Gasteiger partial charge in [-0.15, -0.1) is 21.8 Å². The van der Waals surface area contributed by atoms with Gasteiger partial charge in [0.25, 0.3) is 5.89 Å². The van der Waals surface area contributed by atoms with Gasteiger partial charge in [0, 0.05) is 11.1 Å². The molecule has 0 atom stereocenters. The summed E-state index contributed by atoms with van der Waals surface area (Å²) < 4.78 is 5.53. The van der Waals surface area contributed by atoms with Crippen LogP contribution in [-0.2, 0) is 11.5 Å². The predicted molar refractivity (Wildman–Crippen MR) is 77.8 cm³/mol. The number of halogens is 1. The summed E-state index contributed by atoms with van der Waals surface area (Å²) in [6.07, 6.45) is 0. The predicted octanol–water partition coefficient (Wildman–Crippen LogP) is 3.07. The molecule has 1 aliphatic rings. The van der Waals surface area contributed by atoms with E-state index < -0.39 is 5.60 Å². The Balaban J connectivity index is 2.03. The molecular formula is C16H11ClN2O2. The number of aromatic nitrogens is 2. The van der Waals surface area contributed by atoms with E-state index in [-0.39, 0.29) is 11.8 Å². The summed E-state index contributed by atoms with van der Waals surface area (Å²) in [5.41, 5.74) is 2.01. The first-order valence-corrected chi connectivity index (χ1v) is 7.09. The van der Waals surface area contributed by atoms with Gasteiger partial charge in [0.1, 0.15) is 5.88 Å². The van der Waals surface area contributed by atoms with Gasteiger partial charge in [-0.05, 0) is 11.1 Å². The molecule has 0 amide bonds. The summed E-state index contributed by atoms with van der Waals surface area (Å²) in [5, 5.41) is 19.2. The van der Waals surface area contributed by atoms with Crippen LogP contribution in [0.25, 0.3) is 11.1 Å². The molecular weight excluding hydrogens is 288 g/mol. The average Bonchev–Trinajstić information content (AvgIpc) is 3.12. The van der Waals surface area contributed by atoms with Gasteiger partial charge < -0.3 is 9.52 Å². The van der Waals surface area contributed by atoms with Crippen molar-refractivity contribution in [2.45, 2.75) is 11.5 Å². The summed E-state index contributed by atoms with van der Waals surface area (Å²) in [7, 11) is 0. The van der Waals surface area contributed by atoms with Crippen molar-refractivity contribution < 1.29 is 9.52 Å². The molecule has 4 nitrogen and oxygen atoms in total. The molecule has 0 unspecified atom stereocenters. The monoisotopic (exact) mass is 298 g/mol. The van der Waals surface area contributed by atoms with E-state index in [1.807, 2.05) is 48.5 Å². The van der Waals surface area contributed by atoms with Crippen molar-refractivity contribution >= 4 is 11.6 Å². The molecule has 0 radical (unpaired) electrons. The van der Waals surface area contributed by atoms with Gasteiger partial charge in [-0.1, -0.05) is 48.5 Å². The Morgan fingerprint density at radius 1 is 0.952 bits per heavy atom. The lowest BCUT2D eigenvalue weighted by Crippen LogP contribution is -2.26. The molecule has 0 saturated heterocycles. The van der Waals surface area contributed by atoms with Crippen LogP contribution in [0, 0.1) is 0 Å². The highest BCUT2D eigenvalue weighted by Crippen LogP contribution is 2.50. The Hall–Kier alpha value is -2.17. The van der Waals surface area contributed by atoms with Gasteiger partial charge in [-0.25, -0.2) is 0 Å². The first-order valence-electron chi connectivity index (χ1n) is 6.55. The zero-order valence-electron chi connectivity index (χ0n) is 11.0.